The van der Waals surface area contributed by atoms with E-state index in [0.29, 0.717) is 38.2 Å². The second-order valence-corrected chi connectivity index (χ2v) is 8.41. The molecule has 2 aromatic rings. The minimum Gasteiger partial charge on any atom is -0.497 e. The Morgan fingerprint density at radius 1 is 1.00 bits per heavy atom. The third-order valence-electron chi connectivity index (χ3n) is 6.07. The van der Waals surface area contributed by atoms with Crippen molar-refractivity contribution in [3.8, 4) is 5.75 Å². The summed E-state index contributed by atoms with van der Waals surface area (Å²) in [5.41, 5.74) is 1.59. The Morgan fingerprint density at radius 3 is 2.27 bits per heavy atom. The predicted octanol–water partition coefficient (Wildman–Crippen LogP) is 3.81. The van der Waals surface area contributed by atoms with Crippen LogP contribution in [0.25, 0.3) is 0 Å². The zero-order chi connectivity index (χ0) is 23.6. The fraction of sp³-hybridized carbons (Fsp3) is 0.462. The number of hydrogen-bond acceptors (Lipinski definition) is 4. The molecule has 178 valence electrons. The molecule has 0 unspecified atom stereocenters. The molecule has 0 aliphatic carbocycles. The van der Waals surface area contributed by atoms with Gasteiger partial charge >= 0.3 is 0 Å². The summed E-state index contributed by atoms with van der Waals surface area (Å²) >= 11 is 0. The lowest BCUT2D eigenvalue weighted by molar-refractivity contribution is -0.132. The number of methoxy groups -OCH3 is 1. The lowest BCUT2D eigenvalue weighted by Crippen LogP contribution is -2.50. The first-order chi connectivity index (χ1) is 16.0. The van der Waals surface area contributed by atoms with Crippen molar-refractivity contribution in [2.75, 3.05) is 46.4 Å². The van der Waals surface area contributed by atoms with E-state index in [0.717, 1.165) is 43.8 Å². The molecule has 1 aliphatic heterocycles. The van der Waals surface area contributed by atoms with E-state index >= 15 is 0 Å². The van der Waals surface area contributed by atoms with Gasteiger partial charge in [0.15, 0.2) is 0 Å². The van der Waals surface area contributed by atoms with Crippen LogP contribution in [0.3, 0.4) is 0 Å². The molecule has 33 heavy (non-hydrogen) atoms. The van der Waals surface area contributed by atoms with E-state index in [1.807, 2.05) is 9.80 Å². The van der Waals surface area contributed by atoms with Crippen LogP contribution < -0.4 is 4.74 Å². The second kappa shape index (κ2) is 12.3. The summed E-state index contributed by atoms with van der Waals surface area (Å²) in [5.74, 6) is 0.624. The maximum absolute atomic E-state index is 13.3. The highest BCUT2D eigenvalue weighted by atomic mass is 19.1. The van der Waals surface area contributed by atoms with Crippen molar-refractivity contribution >= 4 is 11.8 Å². The summed E-state index contributed by atoms with van der Waals surface area (Å²) in [4.78, 5) is 31.6. The molecule has 0 N–H and O–H groups in total. The molecule has 6 nitrogen and oxygen atoms in total. The topological polar surface area (TPSA) is 53.1 Å². The van der Waals surface area contributed by atoms with E-state index in [4.69, 9.17) is 4.74 Å². The molecular formula is C26H34FN3O3. The Bertz CT molecular complexity index is 894. The minimum atomic E-state index is -0.273. The zero-order valence-electron chi connectivity index (χ0n) is 19.6. The molecule has 1 aliphatic rings. The van der Waals surface area contributed by atoms with Crippen LogP contribution in [0.4, 0.5) is 4.39 Å². The van der Waals surface area contributed by atoms with Crippen molar-refractivity contribution in [1.29, 1.82) is 0 Å². The van der Waals surface area contributed by atoms with E-state index in [2.05, 4.69) is 11.8 Å². The average Bonchev–Trinajstić information content (AvgIpc) is 2.86. The quantitative estimate of drug-likeness (QED) is 0.547. The molecule has 0 aromatic heterocycles. The number of nitrogens with zero attached hydrogens (tertiary/aromatic N) is 3. The van der Waals surface area contributed by atoms with Crippen LogP contribution >= 0.6 is 0 Å². The minimum absolute atomic E-state index is 0.0324. The molecule has 0 saturated carbocycles. The maximum Gasteiger partial charge on any atom is 0.253 e. The number of unbranched alkanes of at least 4 members (excludes halogenated alkanes) is 1. The summed E-state index contributed by atoms with van der Waals surface area (Å²) in [5, 5.41) is 0. The SMILES string of the molecule is CCCCC(=O)N(CCN1CCN(C(=O)c2ccc(OC)cc2)CC1)Cc1ccc(F)cc1. The lowest BCUT2D eigenvalue weighted by Gasteiger charge is -2.36. The highest BCUT2D eigenvalue weighted by Crippen LogP contribution is 2.15. The van der Waals surface area contributed by atoms with Gasteiger partial charge in [-0.1, -0.05) is 25.5 Å². The Balaban J connectivity index is 1.51. The van der Waals surface area contributed by atoms with Crippen LogP contribution in [0.15, 0.2) is 48.5 Å². The van der Waals surface area contributed by atoms with E-state index < -0.39 is 0 Å². The average molecular weight is 456 g/mol. The first-order valence-corrected chi connectivity index (χ1v) is 11.7. The van der Waals surface area contributed by atoms with Gasteiger partial charge in [-0.15, -0.1) is 0 Å². The van der Waals surface area contributed by atoms with E-state index in [1.54, 1.807) is 43.5 Å². The van der Waals surface area contributed by atoms with Crippen molar-refractivity contribution < 1.29 is 18.7 Å². The highest BCUT2D eigenvalue weighted by molar-refractivity contribution is 5.94. The van der Waals surface area contributed by atoms with Gasteiger partial charge in [-0.3, -0.25) is 14.5 Å². The lowest BCUT2D eigenvalue weighted by atomic mass is 10.1. The normalized spacial score (nSPS) is 14.2. The van der Waals surface area contributed by atoms with Crippen molar-refractivity contribution in [3.05, 3.63) is 65.5 Å². The number of benzene rings is 2. The zero-order valence-corrected chi connectivity index (χ0v) is 19.6. The maximum atomic E-state index is 13.3. The standard InChI is InChI=1S/C26H34FN3O3/c1-3-4-5-25(31)30(20-21-6-10-23(27)11-7-21)19-16-28-14-17-29(18-15-28)26(32)22-8-12-24(33-2)13-9-22/h6-13H,3-5,14-20H2,1-2H3. The number of piperazine rings is 1. The van der Waals surface area contributed by atoms with Gasteiger partial charge < -0.3 is 14.5 Å². The van der Waals surface area contributed by atoms with E-state index in [9.17, 15) is 14.0 Å². The number of ether oxygens (including phenoxy) is 1. The monoisotopic (exact) mass is 455 g/mol. The van der Waals surface area contributed by atoms with Crippen LogP contribution in [0.5, 0.6) is 5.75 Å². The third kappa shape index (κ3) is 7.29. The number of carbonyl (C=O) groups is 2. The largest absolute Gasteiger partial charge is 0.497 e. The predicted molar refractivity (Wildman–Crippen MR) is 127 cm³/mol. The summed E-state index contributed by atoms with van der Waals surface area (Å²) in [6, 6.07) is 13.5. The second-order valence-electron chi connectivity index (χ2n) is 8.41. The molecule has 1 saturated heterocycles. The van der Waals surface area contributed by atoms with Crippen molar-refractivity contribution in [2.24, 2.45) is 0 Å². The molecule has 1 heterocycles. The molecule has 2 amide bonds. The van der Waals surface area contributed by atoms with Gasteiger partial charge in [-0.05, 0) is 48.4 Å². The van der Waals surface area contributed by atoms with Gasteiger partial charge in [-0.25, -0.2) is 4.39 Å². The van der Waals surface area contributed by atoms with E-state index in [1.165, 1.54) is 12.1 Å². The highest BCUT2D eigenvalue weighted by Gasteiger charge is 2.23. The van der Waals surface area contributed by atoms with Gasteiger partial charge in [0.2, 0.25) is 5.91 Å². The molecule has 0 atom stereocenters. The number of halogens is 1. The summed E-state index contributed by atoms with van der Waals surface area (Å²) in [6.07, 6.45) is 2.37. The van der Waals surface area contributed by atoms with Gasteiger partial charge in [0, 0.05) is 57.8 Å². The van der Waals surface area contributed by atoms with Crippen LogP contribution in [0.2, 0.25) is 0 Å². The molecule has 0 radical (unpaired) electrons. The van der Waals surface area contributed by atoms with Gasteiger partial charge in [-0.2, -0.15) is 0 Å². The van der Waals surface area contributed by atoms with Crippen LogP contribution in [0.1, 0.15) is 42.1 Å². The van der Waals surface area contributed by atoms with Crippen LogP contribution in [-0.2, 0) is 11.3 Å². The van der Waals surface area contributed by atoms with Crippen molar-refractivity contribution in [3.63, 3.8) is 0 Å². The Morgan fingerprint density at radius 2 is 1.67 bits per heavy atom. The molecule has 2 aromatic carbocycles. The Labute approximate surface area is 195 Å². The van der Waals surface area contributed by atoms with Gasteiger partial charge in [0.25, 0.3) is 5.91 Å². The molecule has 1 fully saturated rings. The van der Waals surface area contributed by atoms with Crippen molar-refractivity contribution in [1.82, 2.24) is 14.7 Å². The number of rotatable bonds is 10. The van der Waals surface area contributed by atoms with Crippen LogP contribution in [0, 0.1) is 5.82 Å². The number of hydrogen-bond donors (Lipinski definition) is 0. The Hall–Kier alpha value is -2.93. The summed E-state index contributed by atoms with van der Waals surface area (Å²) in [7, 11) is 1.61. The molecule has 7 heteroatoms. The molecule has 0 spiro atoms. The first kappa shape index (κ1) is 24.7. The van der Waals surface area contributed by atoms with E-state index in [-0.39, 0.29) is 17.6 Å². The Kier molecular flexibility index (Phi) is 9.24. The third-order valence-corrected chi connectivity index (χ3v) is 6.07. The first-order valence-electron chi connectivity index (χ1n) is 11.7. The van der Waals surface area contributed by atoms with Gasteiger partial charge in [0.05, 0.1) is 7.11 Å². The fourth-order valence-electron chi connectivity index (χ4n) is 3.94. The number of carbonyl (C=O) groups excluding carboxylic acids is 2. The fourth-order valence-corrected chi connectivity index (χ4v) is 3.94. The molecule has 3 rings (SSSR count). The smallest absolute Gasteiger partial charge is 0.253 e. The molecule has 0 bridgehead atoms. The van der Waals surface area contributed by atoms with Crippen molar-refractivity contribution in [2.45, 2.75) is 32.7 Å². The number of amides is 2. The summed E-state index contributed by atoms with van der Waals surface area (Å²) < 4.78 is 18.4. The van der Waals surface area contributed by atoms with Gasteiger partial charge in [0.1, 0.15) is 11.6 Å². The van der Waals surface area contributed by atoms with Crippen LogP contribution in [-0.4, -0.2) is 72.9 Å². The molecular weight excluding hydrogens is 421 g/mol. The summed E-state index contributed by atoms with van der Waals surface area (Å²) in [6.45, 7) is 6.79.